The maximum atomic E-state index is 7.88. The van der Waals surface area contributed by atoms with Crippen LogP contribution in [0.1, 0.15) is 36.0 Å². The second kappa shape index (κ2) is 12.0. The Balaban J connectivity index is 0.000000206. The first-order valence-electron chi connectivity index (χ1n) is 12.5. The zero-order valence-electron chi connectivity index (χ0n) is 23.4. The van der Waals surface area contributed by atoms with Gasteiger partial charge in [0.1, 0.15) is 11.7 Å². The third-order valence-corrected chi connectivity index (χ3v) is 5.85. The van der Waals surface area contributed by atoms with Gasteiger partial charge in [0.2, 0.25) is 0 Å². The van der Waals surface area contributed by atoms with Gasteiger partial charge >= 0.3 is 0 Å². The molecule has 0 saturated carbocycles. The van der Waals surface area contributed by atoms with Crippen LogP contribution >= 0.6 is 0 Å². The van der Waals surface area contributed by atoms with Crippen LogP contribution in [0.25, 0.3) is 0 Å². The predicted molar refractivity (Wildman–Crippen MR) is 143 cm³/mol. The van der Waals surface area contributed by atoms with Crippen molar-refractivity contribution in [2.75, 3.05) is 14.1 Å². The zero-order chi connectivity index (χ0) is 27.1. The SMILES string of the molecule is [2H]C1=C(C)C(C)C(=NN=Nc2ccc(C)cc2)N1C.[2H]C1=C(C)C(C)C(=NN=Nc2ccccc2)N1C. The predicted octanol–water partition coefficient (Wildman–Crippen LogP) is 7.45. The van der Waals surface area contributed by atoms with Gasteiger partial charge in [0.05, 0.1) is 14.1 Å². The number of rotatable bonds is 4. The van der Waals surface area contributed by atoms with Gasteiger partial charge < -0.3 is 9.80 Å². The zero-order valence-corrected chi connectivity index (χ0v) is 21.4. The van der Waals surface area contributed by atoms with Crippen molar-refractivity contribution < 1.29 is 2.74 Å². The normalized spacial score (nSPS) is 23.6. The van der Waals surface area contributed by atoms with Crippen molar-refractivity contribution in [1.82, 2.24) is 9.80 Å². The average molecular weight is 473 g/mol. The van der Waals surface area contributed by atoms with E-state index >= 15 is 0 Å². The van der Waals surface area contributed by atoms with E-state index in [2.05, 4.69) is 30.9 Å². The highest BCUT2D eigenvalue weighted by atomic mass is 15.4. The molecule has 0 aromatic heterocycles. The molecule has 0 saturated heterocycles. The smallest absolute Gasteiger partial charge is 0.140 e. The summed E-state index contributed by atoms with van der Waals surface area (Å²) < 4.78 is 15.7. The number of benzene rings is 2. The molecule has 2 aliphatic rings. The molecular formula is C27H34N8. The van der Waals surface area contributed by atoms with E-state index in [9.17, 15) is 0 Å². The summed E-state index contributed by atoms with van der Waals surface area (Å²) in [6, 6.07) is 17.2. The van der Waals surface area contributed by atoms with E-state index in [0.717, 1.165) is 34.2 Å². The number of nitrogens with zero attached hydrogens (tertiary/aromatic N) is 8. The second-order valence-corrected chi connectivity index (χ2v) is 8.62. The van der Waals surface area contributed by atoms with E-state index in [4.69, 9.17) is 2.74 Å². The standard InChI is InChI=1S/C14H18N4.C13H16N4/c1-10-5-7-13(8-6-10)15-17-16-14-12(3)11(2)9-18(14)4;1-10-9-17(3)13(11(10)2)15-16-14-12-7-5-4-6-8-12/h5-9,12H,1-4H3;4-9,11H,1-3H3/i2*9D. The van der Waals surface area contributed by atoms with Crippen molar-refractivity contribution in [2.24, 2.45) is 42.7 Å². The first kappa shape index (κ1) is 22.8. The molecule has 4 rings (SSSR count). The Morgan fingerprint density at radius 3 is 1.49 bits per heavy atom. The highest BCUT2D eigenvalue weighted by molar-refractivity contribution is 5.90. The van der Waals surface area contributed by atoms with Gasteiger partial charge in [0, 0.05) is 38.3 Å². The highest BCUT2D eigenvalue weighted by Crippen LogP contribution is 2.23. The van der Waals surface area contributed by atoms with Gasteiger partial charge in [-0.2, -0.15) is 0 Å². The van der Waals surface area contributed by atoms with Crippen LogP contribution in [0.5, 0.6) is 0 Å². The Hall–Kier alpha value is -3.94. The van der Waals surface area contributed by atoms with E-state index in [1.165, 1.54) is 5.56 Å². The van der Waals surface area contributed by atoms with Crippen LogP contribution in [-0.2, 0) is 0 Å². The lowest BCUT2D eigenvalue weighted by molar-refractivity contribution is 0.675. The molecule has 35 heavy (non-hydrogen) atoms. The van der Waals surface area contributed by atoms with Crippen LogP contribution < -0.4 is 0 Å². The molecule has 2 aromatic rings. The third kappa shape index (κ3) is 7.02. The van der Waals surface area contributed by atoms with E-state index in [1.807, 2.05) is 103 Å². The van der Waals surface area contributed by atoms with Gasteiger partial charge in [0.25, 0.3) is 0 Å². The minimum Gasteiger partial charge on any atom is -0.338 e. The lowest BCUT2D eigenvalue weighted by Crippen LogP contribution is -2.20. The van der Waals surface area contributed by atoms with Crippen LogP contribution in [0, 0.1) is 18.8 Å². The number of hydrogen-bond acceptors (Lipinski definition) is 4. The first-order chi connectivity index (χ1) is 17.6. The van der Waals surface area contributed by atoms with Gasteiger partial charge in [-0.05, 0) is 66.6 Å². The van der Waals surface area contributed by atoms with Crippen LogP contribution in [0.3, 0.4) is 0 Å². The number of hydrogen-bond donors (Lipinski definition) is 0. The molecule has 8 heteroatoms. The number of amidine groups is 2. The summed E-state index contributed by atoms with van der Waals surface area (Å²) >= 11 is 0. The molecule has 8 nitrogen and oxygen atoms in total. The van der Waals surface area contributed by atoms with E-state index in [0.29, 0.717) is 12.4 Å². The molecule has 2 heterocycles. The summed E-state index contributed by atoms with van der Waals surface area (Å²) in [6.45, 7) is 9.96. The Morgan fingerprint density at radius 1 is 0.657 bits per heavy atom. The lowest BCUT2D eigenvalue weighted by Gasteiger charge is -2.10. The highest BCUT2D eigenvalue weighted by Gasteiger charge is 2.23. The molecule has 2 aromatic carbocycles. The molecular weight excluding hydrogens is 436 g/mol. The van der Waals surface area contributed by atoms with Crippen molar-refractivity contribution in [2.45, 2.75) is 34.6 Å². The van der Waals surface area contributed by atoms with Crippen LogP contribution in [0.15, 0.2) is 109 Å². The molecule has 2 aliphatic heterocycles. The van der Waals surface area contributed by atoms with Gasteiger partial charge in [-0.1, -0.05) is 49.7 Å². The Bertz CT molecular complexity index is 1240. The summed E-state index contributed by atoms with van der Waals surface area (Å²) in [5.41, 5.74) is 4.75. The van der Waals surface area contributed by atoms with E-state index in [1.54, 1.807) is 9.80 Å². The molecule has 0 amide bonds. The average Bonchev–Trinajstić information content (AvgIpc) is 3.20. The fourth-order valence-corrected chi connectivity index (χ4v) is 3.46. The summed E-state index contributed by atoms with van der Waals surface area (Å²) in [7, 11) is 3.65. The molecule has 0 bridgehead atoms. The van der Waals surface area contributed by atoms with E-state index in [-0.39, 0.29) is 11.8 Å². The minimum atomic E-state index is 0.120. The Kier molecular flexibility index (Phi) is 7.81. The summed E-state index contributed by atoms with van der Waals surface area (Å²) in [4.78, 5) is 3.48. The fourth-order valence-electron chi connectivity index (χ4n) is 3.46. The lowest BCUT2D eigenvalue weighted by atomic mass is 10.1. The maximum Gasteiger partial charge on any atom is 0.140 e. The van der Waals surface area contributed by atoms with Crippen molar-refractivity contribution in [3.63, 3.8) is 0 Å². The molecule has 0 N–H and O–H groups in total. The van der Waals surface area contributed by atoms with Crippen LogP contribution in [0.2, 0.25) is 0 Å². The third-order valence-electron chi connectivity index (χ3n) is 5.85. The van der Waals surface area contributed by atoms with Crippen molar-refractivity contribution in [3.05, 3.63) is 83.7 Å². The molecule has 182 valence electrons. The summed E-state index contributed by atoms with van der Waals surface area (Å²) in [5, 5.41) is 24.1. The van der Waals surface area contributed by atoms with Gasteiger partial charge in [-0.15, -0.1) is 20.4 Å². The number of aryl methyl sites for hydroxylation is 1. The molecule has 0 fully saturated rings. The maximum absolute atomic E-state index is 7.88. The molecule has 2 atom stereocenters. The van der Waals surface area contributed by atoms with Crippen molar-refractivity contribution >= 4 is 23.0 Å². The molecule has 0 spiro atoms. The summed E-state index contributed by atoms with van der Waals surface area (Å²) in [6.07, 6.45) is 0.993. The largest absolute Gasteiger partial charge is 0.338 e. The summed E-state index contributed by atoms with van der Waals surface area (Å²) in [5.74, 6) is 1.77. The quantitative estimate of drug-likeness (QED) is 0.342. The van der Waals surface area contributed by atoms with E-state index < -0.39 is 0 Å². The van der Waals surface area contributed by atoms with Crippen molar-refractivity contribution in [1.29, 1.82) is 0 Å². The molecule has 0 radical (unpaired) electrons. The minimum absolute atomic E-state index is 0.120. The second-order valence-electron chi connectivity index (χ2n) is 8.62. The molecule has 0 aliphatic carbocycles. The van der Waals surface area contributed by atoms with Crippen molar-refractivity contribution in [3.8, 4) is 0 Å². The van der Waals surface area contributed by atoms with Crippen LogP contribution in [0.4, 0.5) is 11.4 Å². The van der Waals surface area contributed by atoms with Gasteiger partial charge in [0.15, 0.2) is 0 Å². The van der Waals surface area contributed by atoms with Gasteiger partial charge in [-0.3, -0.25) is 0 Å². The monoisotopic (exact) mass is 472 g/mol. The van der Waals surface area contributed by atoms with Crippen LogP contribution in [-0.4, -0.2) is 35.6 Å². The Labute approximate surface area is 211 Å². The fraction of sp³-hybridized carbons (Fsp3) is 0.333. The molecule has 2 unspecified atom stereocenters. The Morgan fingerprint density at radius 2 is 1.09 bits per heavy atom. The first-order valence-corrected chi connectivity index (χ1v) is 11.5. The topological polar surface area (TPSA) is 80.6 Å². The van der Waals surface area contributed by atoms with Gasteiger partial charge in [-0.25, -0.2) is 0 Å².